The van der Waals surface area contributed by atoms with Gasteiger partial charge in [0.1, 0.15) is 30.7 Å². The van der Waals surface area contributed by atoms with Crippen LogP contribution in [-0.2, 0) is 35.1 Å². The molecule has 0 spiro atoms. The minimum Gasteiger partial charge on any atom is -0.504 e. The molecule has 7 atom stereocenters. The monoisotopic (exact) mass is 642 g/mol. The fraction of sp³-hybridized carbons (Fsp3) is 0.421. The Kier molecular flexibility index (Phi) is 8.78. The molecule has 2 aromatic carbocycles. The molecule has 248 valence electrons. The van der Waals surface area contributed by atoms with Crippen LogP contribution in [0.3, 0.4) is 0 Å². The number of benzene rings is 2. The van der Waals surface area contributed by atoms with Gasteiger partial charge in [-0.3, -0.25) is 4.79 Å². The molecule has 1 heterocycles. The Balaban J connectivity index is 1.38. The van der Waals surface area contributed by atoms with Crippen LogP contribution >= 0.6 is 0 Å². The van der Waals surface area contributed by atoms with Gasteiger partial charge in [-0.15, -0.1) is 0 Å². The molecular formula is C38H42O9. The number of methoxy groups -OCH3 is 1. The van der Waals surface area contributed by atoms with E-state index in [0.29, 0.717) is 23.1 Å². The van der Waals surface area contributed by atoms with E-state index in [0.717, 1.165) is 11.1 Å². The van der Waals surface area contributed by atoms with Crippen molar-refractivity contribution in [3.63, 3.8) is 0 Å². The van der Waals surface area contributed by atoms with Crippen LogP contribution < -0.4 is 4.74 Å². The lowest BCUT2D eigenvalue weighted by atomic mass is 9.55. The van der Waals surface area contributed by atoms with Gasteiger partial charge in [-0.2, -0.15) is 0 Å². The van der Waals surface area contributed by atoms with Crippen LogP contribution in [0.15, 0.2) is 90.1 Å². The molecule has 0 unspecified atom stereocenters. The van der Waals surface area contributed by atoms with Crippen LogP contribution in [0.2, 0.25) is 0 Å². The van der Waals surface area contributed by atoms with Crippen LogP contribution in [0.1, 0.15) is 44.7 Å². The lowest BCUT2D eigenvalue weighted by molar-refractivity contribution is -0.228. The van der Waals surface area contributed by atoms with Crippen molar-refractivity contribution in [3.05, 3.63) is 101 Å². The average molecular weight is 643 g/mol. The first-order valence-corrected chi connectivity index (χ1v) is 15.9. The molecule has 2 aromatic rings. The summed E-state index contributed by atoms with van der Waals surface area (Å²) < 4.78 is 30.6. The third-order valence-corrected chi connectivity index (χ3v) is 10.4. The second-order valence-electron chi connectivity index (χ2n) is 13.2. The maximum atomic E-state index is 13.8. The first-order chi connectivity index (χ1) is 22.4. The molecule has 47 heavy (non-hydrogen) atoms. The van der Waals surface area contributed by atoms with E-state index in [-0.39, 0.29) is 49.6 Å². The van der Waals surface area contributed by atoms with Gasteiger partial charge in [-0.05, 0) is 72.2 Å². The molecule has 6 rings (SSSR count). The van der Waals surface area contributed by atoms with Crippen molar-refractivity contribution in [2.45, 2.75) is 63.1 Å². The number of hydrogen-bond donors (Lipinski definition) is 2. The molecule has 1 aliphatic heterocycles. The van der Waals surface area contributed by atoms with Gasteiger partial charge >= 0.3 is 5.97 Å². The van der Waals surface area contributed by atoms with E-state index < -0.39 is 40.7 Å². The SMILES string of the molecule is C=C(C)[C@]12C[C@@H](C)[C@@]3(OCc4ccccc4)[C@@H](C=C(COC(=O)/C=C/c4ccc(O)c(OC)c4)C[C@]4(O)C(=O)C(C)=C[C@@H]34)[C@H]1OCO2. The van der Waals surface area contributed by atoms with Crippen molar-refractivity contribution in [1.29, 1.82) is 0 Å². The number of aromatic hydroxyl groups is 1. The molecule has 3 aliphatic carbocycles. The molecule has 9 heteroatoms. The number of carbonyl (C=O) groups is 2. The number of ether oxygens (including phenoxy) is 5. The standard InChI is InChI=1S/C38H42O9/c1-23(2)37-18-25(4)38(46-21-27-9-7-6-8-10-27)29(35(37)45-22-47-37)16-28(19-36(42)32(38)15-24(3)34(36)41)20-44-33(40)14-12-26-11-13-30(39)31(17-26)43-5/h6-17,25,29,32,35,39,42H,1,18-22H2,2-5H3/b14-12+/t25-,29+,32-,35-,36-,37-,38-/m1/s1. The highest BCUT2D eigenvalue weighted by atomic mass is 16.7. The predicted octanol–water partition coefficient (Wildman–Crippen LogP) is 5.46. The van der Waals surface area contributed by atoms with Crippen molar-refractivity contribution in [3.8, 4) is 11.5 Å². The van der Waals surface area contributed by atoms with E-state index in [2.05, 4.69) is 13.5 Å². The number of rotatable bonds is 9. The van der Waals surface area contributed by atoms with E-state index >= 15 is 0 Å². The molecule has 1 saturated heterocycles. The summed E-state index contributed by atoms with van der Waals surface area (Å²) in [5.74, 6) is -2.11. The van der Waals surface area contributed by atoms with Gasteiger partial charge in [0.05, 0.1) is 19.3 Å². The molecule has 9 nitrogen and oxygen atoms in total. The van der Waals surface area contributed by atoms with E-state index in [4.69, 9.17) is 23.7 Å². The second kappa shape index (κ2) is 12.5. The number of carbonyl (C=O) groups excluding carboxylic acids is 2. The lowest BCUT2D eigenvalue weighted by Crippen LogP contribution is -2.68. The first kappa shape index (κ1) is 32.9. The molecule has 4 aliphatic rings. The molecular weight excluding hydrogens is 600 g/mol. The maximum absolute atomic E-state index is 13.8. The van der Waals surface area contributed by atoms with Crippen molar-refractivity contribution >= 4 is 17.8 Å². The van der Waals surface area contributed by atoms with Gasteiger partial charge in [0.25, 0.3) is 0 Å². The largest absolute Gasteiger partial charge is 0.504 e. The van der Waals surface area contributed by atoms with E-state index in [9.17, 15) is 19.8 Å². The molecule has 2 fully saturated rings. The number of phenols is 1. The molecule has 0 amide bonds. The Hall–Kier alpha value is -4.02. The molecule has 2 N–H and O–H groups in total. The average Bonchev–Trinajstić information content (AvgIpc) is 3.55. The van der Waals surface area contributed by atoms with Crippen LogP contribution in [-0.4, -0.2) is 65.4 Å². The number of hydrogen-bond acceptors (Lipinski definition) is 9. The van der Waals surface area contributed by atoms with Crippen LogP contribution in [0.5, 0.6) is 11.5 Å². The van der Waals surface area contributed by atoms with Gasteiger partial charge < -0.3 is 33.9 Å². The zero-order valence-corrected chi connectivity index (χ0v) is 27.2. The quantitative estimate of drug-likeness (QED) is 0.209. The summed E-state index contributed by atoms with van der Waals surface area (Å²) >= 11 is 0. The van der Waals surface area contributed by atoms with Crippen LogP contribution in [0.25, 0.3) is 6.08 Å². The van der Waals surface area contributed by atoms with Gasteiger partial charge in [-0.25, -0.2) is 4.79 Å². The minimum atomic E-state index is -1.82. The summed E-state index contributed by atoms with van der Waals surface area (Å²) in [6, 6.07) is 14.5. The predicted molar refractivity (Wildman–Crippen MR) is 174 cm³/mol. The number of ketones is 1. The van der Waals surface area contributed by atoms with Gasteiger partial charge in [0, 0.05) is 24.3 Å². The number of aliphatic hydroxyl groups is 1. The fourth-order valence-corrected chi connectivity index (χ4v) is 8.13. The maximum Gasteiger partial charge on any atom is 0.331 e. The van der Waals surface area contributed by atoms with E-state index in [1.807, 2.05) is 49.4 Å². The highest BCUT2D eigenvalue weighted by Crippen LogP contribution is 2.61. The fourth-order valence-electron chi connectivity index (χ4n) is 8.13. The minimum absolute atomic E-state index is 0.0110. The first-order valence-electron chi connectivity index (χ1n) is 15.9. The van der Waals surface area contributed by atoms with Gasteiger partial charge in [0.15, 0.2) is 17.3 Å². The molecule has 1 saturated carbocycles. The number of Topliss-reactive ketones (excluding diaryl/α,β-unsaturated/α-hetero) is 1. The summed E-state index contributed by atoms with van der Waals surface area (Å²) in [7, 11) is 1.44. The molecule has 0 bridgehead atoms. The Morgan fingerprint density at radius 3 is 2.64 bits per heavy atom. The second-order valence-corrected chi connectivity index (χ2v) is 13.2. The number of esters is 1. The third-order valence-electron chi connectivity index (χ3n) is 10.4. The van der Waals surface area contributed by atoms with Gasteiger partial charge in [-0.1, -0.05) is 62.1 Å². The Bertz CT molecular complexity index is 1660. The van der Waals surface area contributed by atoms with Crippen LogP contribution in [0, 0.1) is 17.8 Å². The van der Waals surface area contributed by atoms with Crippen LogP contribution in [0.4, 0.5) is 0 Å². The summed E-state index contributed by atoms with van der Waals surface area (Å²) in [5, 5.41) is 22.3. The highest BCUT2D eigenvalue weighted by molar-refractivity contribution is 6.05. The summed E-state index contributed by atoms with van der Waals surface area (Å²) in [4.78, 5) is 26.7. The third kappa shape index (κ3) is 5.55. The molecule has 0 radical (unpaired) electrons. The van der Waals surface area contributed by atoms with Crippen molar-refractivity contribution in [2.75, 3.05) is 20.5 Å². The normalized spacial score (nSPS) is 32.9. The topological polar surface area (TPSA) is 121 Å². The highest BCUT2D eigenvalue weighted by Gasteiger charge is 2.70. The summed E-state index contributed by atoms with van der Waals surface area (Å²) in [5.41, 5.74) is -0.209. The van der Waals surface area contributed by atoms with Gasteiger partial charge in [0.2, 0.25) is 0 Å². The Morgan fingerprint density at radius 1 is 1.15 bits per heavy atom. The lowest BCUT2D eigenvalue weighted by Gasteiger charge is -2.58. The smallest absolute Gasteiger partial charge is 0.331 e. The van der Waals surface area contributed by atoms with Crippen molar-refractivity contribution in [2.24, 2.45) is 17.8 Å². The Morgan fingerprint density at radius 2 is 1.91 bits per heavy atom. The zero-order valence-electron chi connectivity index (χ0n) is 27.2. The zero-order chi connectivity index (χ0) is 33.6. The van der Waals surface area contributed by atoms with E-state index in [1.165, 1.54) is 19.3 Å². The molecule has 0 aromatic heterocycles. The van der Waals surface area contributed by atoms with E-state index in [1.54, 1.807) is 25.1 Å². The Labute approximate surface area is 275 Å². The number of phenolic OH excluding ortho intramolecular Hbond substituents is 1. The van der Waals surface area contributed by atoms with Crippen molar-refractivity contribution < 1.29 is 43.5 Å². The summed E-state index contributed by atoms with van der Waals surface area (Å²) in [6.45, 7) is 10.2. The van der Waals surface area contributed by atoms with Crippen molar-refractivity contribution in [1.82, 2.24) is 0 Å². The number of fused-ring (bicyclic) bond motifs is 5. The summed E-state index contributed by atoms with van der Waals surface area (Å²) in [6.07, 6.45) is 6.64.